The van der Waals surface area contributed by atoms with E-state index in [9.17, 15) is 24.3 Å². The number of allylic oxidation sites excluding steroid dienone is 1. The summed E-state index contributed by atoms with van der Waals surface area (Å²) < 4.78 is 0. The van der Waals surface area contributed by atoms with Gasteiger partial charge in [-0.1, -0.05) is 25.0 Å². The summed E-state index contributed by atoms with van der Waals surface area (Å²) in [7, 11) is 0. The van der Waals surface area contributed by atoms with Crippen LogP contribution in [0.5, 0.6) is 0 Å². The molecule has 2 saturated carbocycles. The second-order valence-electron chi connectivity index (χ2n) is 9.17. The maximum absolute atomic E-state index is 13.3. The van der Waals surface area contributed by atoms with Crippen molar-refractivity contribution in [1.29, 1.82) is 0 Å². The van der Waals surface area contributed by atoms with Gasteiger partial charge in [-0.05, 0) is 51.4 Å². The van der Waals surface area contributed by atoms with Crippen molar-refractivity contribution in [3.63, 3.8) is 0 Å². The van der Waals surface area contributed by atoms with Gasteiger partial charge in [-0.3, -0.25) is 14.4 Å². The van der Waals surface area contributed by atoms with Crippen molar-refractivity contribution in [3.8, 4) is 0 Å². The molecule has 164 valence electrons. The van der Waals surface area contributed by atoms with Gasteiger partial charge in [0.25, 0.3) is 0 Å². The number of carboxylic acid groups (broad SMARTS) is 1. The van der Waals surface area contributed by atoms with Crippen LogP contribution in [0.15, 0.2) is 12.2 Å². The van der Waals surface area contributed by atoms with Gasteiger partial charge in [0.15, 0.2) is 0 Å². The number of carboxylic acids is 1. The molecule has 4 rings (SSSR count). The van der Waals surface area contributed by atoms with E-state index in [1.807, 2.05) is 12.2 Å². The van der Waals surface area contributed by atoms with Gasteiger partial charge in [0.1, 0.15) is 17.6 Å². The fraction of sp³-hybridized carbons (Fsp3) is 0.727. The molecule has 0 unspecified atom stereocenters. The van der Waals surface area contributed by atoms with Crippen LogP contribution in [-0.2, 0) is 19.2 Å². The molecule has 0 radical (unpaired) electrons. The number of aliphatic carboxylic acids is 1. The van der Waals surface area contributed by atoms with Gasteiger partial charge in [-0.2, -0.15) is 0 Å². The lowest BCUT2D eigenvalue weighted by molar-refractivity contribution is -0.146. The molecule has 0 spiro atoms. The number of hydrogen-bond donors (Lipinski definition) is 3. The van der Waals surface area contributed by atoms with E-state index < -0.39 is 29.5 Å². The zero-order valence-electron chi connectivity index (χ0n) is 17.3. The van der Waals surface area contributed by atoms with Crippen LogP contribution < -0.4 is 10.6 Å². The first-order valence-corrected chi connectivity index (χ1v) is 11.3. The maximum atomic E-state index is 13.3. The Kier molecular flexibility index (Phi) is 5.84. The van der Waals surface area contributed by atoms with Crippen molar-refractivity contribution in [2.24, 2.45) is 11.8 Å². The molecule has 3 fully saturated rings. The van der Waals surface area contributed by atoms with Crippen molar-refractivity contribution >= 4 is 23.7 Å². The molecule has 3 amide bonds. The first-order chi connectivity index (χ1) is 14.4. The fourth-order valence-corrected chi connectivity index (χ4v) is 4.71. The number of nitrogens with zero attached hydrogens (tertiary/aromatic N) is 1. The van der Waals surface area contributed by atoms with Crippen LogP contribution in [0, 0.1) is 11.8 Å². The average molecular weight is 418 g/mol. The van der Waals surface area contributed by atoms with Crippen LogP contribution in [0.25, 0.3) is 0 Å². The lowest BCUT2D eigenvalue weighted by Gasteiger charge is -2.29. The summed E-state index contributed by atoms with van der Waals surface area (Å²) in [4.78, 5) is 52.0. The smallest absolute Gasteiger partial charge is 0.330 e. The van der Waals surface area contributed by atoms with Crippen LogP contribution in [0.4, 0.5) is 0 Å². The van der Waals surface area contributed by atoms with E-state index in [0.717, 1.165) is 38.5 Å². The molecule has 1 saturated heterocycles. The molecule has 2 aliphatic heterocycles. The summed E-state index contributed by atoms with van der Waals surface area (Å²) in [6, 6.07) is -1.29. The molecule has 3 N–H and O–H groups in total. The van der Waals surface area contributed by atoms with Gasteiger partial charge in [0.05, 0.1) is 0 Å². The molecule has 4 aliphatic rings. The van der Waals surface area contributed by atoms with E-state index in [4.69, 9.17) is 0 Å². The Hall–Kier alpha value is -2.38. The van der Waals surface area contributed by atoms with E-state index in [1.54, 1.807) is 4.90 Å². The molecule has 0 aromatic carbocycles. The Labute approximate surface area is 176 Å². The molecule has 8 nitrogen and oxygen atoms in total. The Balaban J connectivity index is 1.53. The molecule has 8 heteroatoms. The van der Waals surface area contributed by atoms with Crippen LogP contribution in [0.3, 0.4) is 0 Å². The number of fused-ring (bicyclic) bond motifs is 2. The third-order valence-corrected chi connectivity index (χ3v) is 6.88. The number of amides is 3. The average Bonchev–Trinajstić information content (AvgIpc) is 3.62. The van der Waals surface area contributed by atoms with Gasteiger partial charge in [-0.15, -0.1) is 0 Å². The number of nitrogens with one attached hydrogen (secondary N) is 2. The molecule has 2 aliphatic carbocycles. The largest absolute Gasteiger partial charge is 0.479 e. The monoisotopic (exact) mass is 417 g/mol. The van der Waals surface area contributed by atoms with Gasteiger partial charge in [0, 0.05) is 18.4 Å². The zero-order chi connectivity index (χ0) is 21.3. The Morgan fingerprint density at radius 2 is 1.90 bits per heavy atom. The molecule has 0 aromatic heterocycles. The van der Waals surface area contributed by atoms with Gasteiger partial charge >= 0.3 is 5.97 Å². The normalized spacial score (nSPS) is 35.9. The third-order valence-electron chi connectivity index (χ3n) is 6.88. The van der Waals surface area contributed by atoms with Crippen LogP contribution in [0.2, 0.25) is 0 Å². The zero-order valence-corrected chi connectivity index (χ0v) is 17.3. The van der Waals surface area contributed by atoms with Crippen LogP contribution in [0.1, 0.15) is 64.2 Å². The molecule has 2 heterocycles. The summed E-state index contributed by atoms with van der Waals surface area (Å²) in [6.45, 7) is 0.454. The Bertz CT molecular complexity index is 762. The van der Waals surface area contributed by atoms with Crippen molar-refractivity contribution in [2.75, 3.05) is 6.54 Å². The second-order valence-corrected chi connectivity index (χ2v) is 9.17. The second kappa shape index (κ2) is 8.40. The minimum atomic E-state index is -1.26. The summed E-state index contributed by atoms with van der Waals surface area (Å²) in [5, 5.41) is 15.4. The summed E-state index contributed by atoms with van der Waals surface area (Å²) in [6.07, 6.45) is 11.3. The first-order valence-electron chi connectivity index (χ1n) is 11.3. The van der Waals surface area contributed by atoms with Gasteiger partial charge in [-0.25, -0.2) is 4.79 Å². The summed E-state index contributed by atoms with van der Waals surface area (Å²) in [5.41, 5.74) is -1.26. The number of rotatable bonds is 3. The van der Waals surface area contributed by atoms with Crippen LogP contribution >= 0.6 is 0 Å². The predicted molar refractivity (Wildman–Crippen MR) is 108 cm³/mol. The highest BCUT2D eigenvalue weighted by atomic mass is 16.4. The third kappa shape index (κ3) is 4.23. The lowest BCUT2D eigenvalue weighted by Crippen LogP contribution is -2.56. The molecular formula is C22H31N3O5. The van der Waals surface area contributed by atoms with Crippen molar-refractivity contribution in [3.05, 3.63) is 12.2 Å². The molecule has 0 aromatic rings. The topological polar surface area (TPSA) is 116 Å². The van der Waals surface area contributed by atoms with Gasteiger partial charge < -0.3 is 20.6 Å². The molecule has 0 bridgehead atoms. The standard InChI is InChI=1S/C22H31N3O5/c26-18(14-10-11-14)23-16-8-5-3-1-2-4-7-15-13-22(15,21(29)30)24-19(27)17-9-6-12-25(17)20(16)28/h4,7,14-17H,1-3,5-6,8-13H2,(H,23,26)(H,24,27)(H,29,30)/b7-4-/t15-,16-,17-,22+/m0/s1. The highest BCUT2D eigenvalue weighted by Gasteiger charge is 2.61. The maximum Gasteiger partial charge on any atom is 0.330 e. The summed E-state index contributed by atoms with van der Waals surface area (Å²) in [5.74, 6) is -1.91. The summed E-state index contributed by atoms with van der Waals surface area (Å²) >= 11 is 0. The molecule has 30 heavy (non-hydrogen) atoms. The highest BCUT2D eigenvalue weighted by molar-refractivity contribution is 5.96. The highest BCUT2D eigenvalue weighted by Crippen LogP contribution is 2.45. The lowest BCUT2D eigenvalue weighted by atomic mass is 10.0. The van der Waals surface area contributed by atoms with Gasteiger partial charge in [0.2, 0.25) is 17.7 Å². The number of carbonyl (C=O) groups excluding carboxylic acids is 3. The van der Waals surface area contributed by atoms with Crippen molar-refractivity contribution in [2.45, 2.75) is 81.8 Å². The first kappa shape index (κ1) is 20.9. The quantitative estimate of drug-likeness (QED) is 0.600. The van der Waals surface area contributed by atoms with E-state index in [-0.39, 0.29) is 23.7 Å². The molecule has 4 atom stereocenters. The predicted octanol–water partition coefficient (Wildman–Crippen LogP) is 1.35. The number of carbonyl (C=O) groups is 4. The Morgan fingerprint density at radius 3 is 2.63 bits per heavy atom. The van der Waals surface area contributed by atoms with Crippen molar-refractivity contribution in [1.82, 2.24) is 15.5 Å². The van der Waals surface area contributed by atoms with E-state index in [0.29, 0.717) is 32.2 Å². The fourth-order valence-electron chi connectivity index (χ4n) is 4.71. The van der Waals surface area contributed by atoms with E-state index in [2.05, 4.69) is 10.6 Å². The van der Waals surface area contributed by atoms with Crippen molar-refractivity contribution < 1.29 is 24.3 Å². The van der Waals surface area contributed by atoms with Crippen LogP contribution in [-0.4, -0.2) is 57.9 Å². The minimum Gasteiger partial charge on any atom is -0.479 e. The SMILES string of the molecule is O=C(N[C@H]1CCCCC/C=C\[C@H]2C[C@@]2(C(=O)O)NC(=O)[C@@H]2CCCN2C1=O)C1CC1. The minimum absolute atomic E-state index is 0.0134. The van der Waals surface area contributed by atoms with E-state index in [1.165, 1.54) is 0 Å². The number of hydrogen-bond acceptors (Lipinski definition) is 4. The molecular weight excluding hydrogens is 386 g/mol. The van der Waals surface area contributed by atoms with E-state index >= 15 is 0 Å². The Morgan fingerprint density at radius 1 is 1.10 bits per heavy atom.